The van der Waals surface area contributed by atoms with Crippen LogP contribution in [-0.4, -0.2) is 18.0 Å². The van der Waals surface area contributed by atoms with E-state index in [1.807, 2.05) is 0 Å². The zero-order valence-electron chi connectivity index (χ0n) is 10.7. The van der Waals surface area contributed by atoms with Crippen LogP contribution < -0.4 is 4.90 Å². The minimum absolute atomic E-state index is 0.0720. The summed E-state index contributed by atoms with van der Waals surface area (Å²) in [5, 5.41) is 19.2. The highest BCUT2D eigenvalue weighted by Crippen LogP contribution is 2.31. The molecule has 0 saturated carbocycles. The number of piperidine rings is 1. The molecular weight excluding hydrogens is 268 g/mol. The zero-order chi connectivity index (χ0) is 14.7. The van der Waals surface area contributed by atoms with Crippen LogP contribution in [0.5, 0.6) is 0 Å². The van der Waals surface area contributed by atoms with E-state index in [2.05, 4.69) is 6.07 Å². The van der Waals surface area contributed by atoms with Crippen LogP contribution in [0.3, 0.4) is 0 Å². The van der Waals surface area contributed by atoms with Gasteiger partial charge in [0.1, 0.15) is 5.69 Å². The van der Waals surface area contributed by atoms with Gasteiger partial charge in [0.15, 0.2) is 11.6 Å². The molecular formula is C13H13F2N3O2. The smallest absolute Gasteiger partial charge is 0.275 e. The van der Waals surface area contributed by atoms with E-state index in [1.54, 1.807) is 0 Å². The van der Waals surface area contributed by atoms with Crippen molar-refractivity contribution in [2.24, 2.45) is 5.92 Å². The number of nitrogens with zero attached hydrogens (tertiary/aromatic N) is 3. The first-order valence-electron chi connectivity index (χ1n) is 6.28. The highest BCUT2D eigenvalue weighted by molar-refractivity contribution is 5.54. The minimum atomic E-state index is -0.936. The Balaban J connectivity index is 2.28. The van der Waals surface area contributed by atoms with Gasteiger partial charge in [-0.2, -0.15) is 5.26 Å². The molecule has 0 radical (unpaired) electrons. The average Bonchev–Trinajstić information content (AvgIpc) is 2.38. The van der Waals surface area contributed by atoms with Gasteiger partial charge < -0.3 is 4.90 Å². The third-order valence-electron chi connectivity index (χ3n) is 3.43. The molecule has 1 fully saturated rings. The number of halogens is 2. The Bertz CT molecular complexity index is 548. The van der Waals surface area contributed by atoms with Crippen molar-refractivity contribution in [1.82, 2.24) is 0 Å². The van der Waals surface area contributed by atoms with Gasteiger partial charge in [0, 0.05) is 19.5 Å². The van der Waals surface area contributed by atoms with Crippen LogP contribution in [0.25, 0.3) is 0 Å². The van der Waals surface area contributed by atoms with Crippen LogP contribution in [0.1, 0.15) is 19.3 Å². The first kappa shape index (κ1) is 14.2. The van der Waals surface area contributed by atoms with Gasteiger partial charge in [0.05, 0.1) is 23.1 Å². The van der Waals surface area contributed by atoms with Crippen LogP contribution in [0.15, 0.2) is 12.1 Å². The van der Waals surface area contributed by atoms with Crippen molar-refractivity contribution in [1.29, 1.82) is 5.26 Å². The quantitative estimate of drug-likeness (QED) is 0.630. The summed E-state index contributed by atoms with van der Waals surface area (Å²) >= 11 is 0. The van der Waals surface area contributed by atoms with Crippen LogP contribution in [0.2, 0.25) is 0 Å². The number of nitro groups is 1. The fourth-order valence-electron chi connectivity index (χ4n) is 2.52. The molecule has 106 valence electrons. The van der Waals surface area contributed by atoms with E-state index in [9.17, 15) is 18.9 Å². The Morgan fingerprint density at radius 1 is 1.45 bits per heavy atom. The molecule has 1 aliphatic heterocycles. The molecule has 1 aliphatic rings. The summed E-state index contributed by atoms with van der Waals surface area (Å²) in [6.45, 7) is 0.868. The first-order valence-corrected chi connectivity index (χ1v) is 6.28. The largest absolute Gasteiger partial charge is 0.366 e. The number of nitriles is 1. The van der Waals surface area contributed by atoms with Crippen molar-refractivity contribution < 1.29 is 13.7 Å². The van der Waals surface area contributed by atoms with E-state index in [1.165, 1.54) is 4.90 Å². The van der Waals surface area contributed by atoms with Crippen molar-refractivity contribution in [3.8, 4) is 6.07 Å². The Morgan fingerprint density at radius 2 is 2.10 bits per heavy atom. The Hall–Kier alpha value is -2.23. The number of rotatable bonds is 3. The lowest BCUT2D eigenvalue weighted by molar-refractivity contribution is -0.385. The number of hydrogen-bond acceptors (Lipinski definition) is 4. The van der Waals surface area contributed by atoms with Gasteiger partial charge >= 0.3 is 0 Å². The van der Waals surface area contributed by atoms with E-state index in [-0.39, 0.29) is 11.6 Å². The molecule has 1 heterocycles. The van der Waals surface area contributed by atoms with Crippen molar-refractivity contribution in [2.45, 2.75) is 19.3 Å². The molecule has 1 atom stereocenters. The average molecular weight is 281 g/mol. The zero-order valence-corrected chi connectivity index (χ0v) is 10.7. The van der Waals surface area contributed by atoms with Crippen molar-refractivity contribution in [3.63, 3.8) is 0 Å². The summed E-state index contributed by atoms with van der Waals surface area (Å²) in [5.41, 5.74) is -0.840. The van der Waals surface area contributed by atoms with E-state index < -0.39 is 22.2 Å². The molecule has 0 bridgehead atoms. The van der Waals surface area contributed by atoms with Gasteiger partial charge in [-0.3, -0.25) is 10.1 Å². The number of hydrogen-bond donors (Lipinski definition) is 0. The number of benzene rings is 1. The molecule has 2 rings (SSSR count). The topological polar surface area (TPSA) is 70.2 Å². The van der Waals surface area contributed by atoms with Crippen molar-refractivity contribution >= 4 is 11.4 Å². The maximum atomic E-state index is 13.9. The molecule has 7 heteroatoms. The molecule has 0 N–H and O–H groups in total. The predicted octanol–water partition coefficient (Wildman–Crippen LogP) is 3.00. The second-order valence-corrected chi connectivity index (χ2v) is 4.83. The van der Waals surface area contributed by atoms with Gasteiger partial charge in [0.2, 0.25) is 0 Å². The third kappa shape index (κ3) is 2.85. The number of non-ortho nitro benzene ring substituents is 1. The van der Waals surface area contributed by atoms with Gasteiger partial charge in [-0.05, 0) is 18.8 Å². The lowest BCUT2D eigenvalue weighted by Gasteiger charge is -2.33. The molecule has 1 saturated heterocycles. The predicted molar refractivity (Wildman–Crippen MR) is 68.2 cm³/mol. The second kappa shape index (κ2) is 5.82. The fourth-order valence-corrected chi connectivity index (χ4v) is 2.52. The summed E-state index contributed by atoms with van der Waals surface area (Å²) in [4.78, 5) is 11.3. The molecule has 1 unspecified atom stereocenters. The first-order chi connectivity index (χ1) is 9.52. The molecule has 20 heavy (non-hydrogen) atoms. The number of nitro benzene ring substituents is 1. The molecule has 0 aliphatic carbocycles. The second-order valence-electron chi connectivity index (χ2n) is 4.83. The lowest BCUT2D eigenvalue weighted by atomic mass is 9.95. The maximum absolute atomic E-state index is 13.9. The standard InChI is InChI=1S/C13H13F2N3O2/c14-11-6-10(18(19)20)7-12(15)13(11)17-5-1-2-9(8-17)3-4-16/h6-7,9H,1-3,5,8H2. The summed E-state index contributed by atoms with van der Waals surface area (Å²) in [7, 11) is 0. The van der Waals surface area contributed by atoms with E-state index in [4.69, 9.17) is 5.26 Å². The molecule has 1 aromatic carbocycles. The Labute approximate surface area is 114 Å². The third-order valence-corrected chi connectivity index (χ3v) is 3.43. The summed E-state index contributed by atoms with van der Waals surface area (Å²) < 4.78 is 27.8. The van der Waals surface area contributed by atoms with E-state index in [0.717, 1.165) is 25.0 Å². The monoisotopic (exact) mass is 281 g/mol. The van der Waals surface area contributed by atoms with Crippen LogP contribution in [-0.2, 0) is 0 Å². The molecule has 0 spiro atoms. The van der Waals surface area contributed by atoms with Gasteiger partial charge in [0.25, 0.3) is 5.69 Å². The normalized spacial score (nSPS) is 18.6. The minimum Gasteiger partial charge on any atom is -0.366 e. The SMILES string of the molecule is N#CCC1CCCN(c2c(F)cc([N+](=O)[O-])cc2F)C1. The Kier molecular flexibility index (Phi) is 4.13. The summed E-state index contributed by atoms with van der Waals surface area (Å²) in [6, 6.07) is 3.52. The highest BCUT2D eigenvalue weighted by Gasteiger charge is 2.26. The van der Waals surface area contributed by atoms with Crippen LogP contribution >= 0.6 is 0 Å². The maximum Gasteiger partial charge on any atom is 0.275 e. The summed E-state index contributed by atoms with van der Waals surface area (Å²) in [5.74, 6) is -1.80. The van der Waals surface area contributed by atoms with E-state index >= 15 is 0 Å². The van der Waals surface area contributed by atoms with Crippen molar-refractivity contribution in [2.75, 3.05) is 18.0 Å². The van der Waals surface area contributed by atoms with Gasteiger partial charge in [-0.25, -0.2) is 8.78 Å². The van der Waals surface area contributed by atoms with Crippen LogP contribution in [0.4, 0.5) is 20.2 Å². The van der Waals surface area contributed by atoms with Crippen molar-refractivity contribution in [3.05, 3.63) is 33.9 Å². The number of anilines is 1. The molecule has 0 aromatic heterocycles. The van der Waals surface area contributed by atoms with Gasteiger partial charge in [-0.1, -0.05) is 0 Å². The summed E-state index contributed by atoms with van der Waals surface area (Å²) in [6.07, 6.45) is 1.93. The molecule has 0 amide bonds. The van der Waals surface area contributed by atoms with Gasteiger partial charge in [-0.15, -0.1) is 0 Å². The molecule has 1 aromatic rings. The van der Waals surface area contributed by atoms with Crippen LogP contribution in [0, 0.1) is 39.0 Å². The highest BCUT2D eigenvalue weighted by atomic mass is 19.1. The van der Waals surface area contributed by atoms with E-state index in [0.29, 0.717) is 19.5 Å². The Morgan fingerprint density at radius 3 is 2.65 bits per heavy atom. The molecule has 5 nitrogen and oxygen atoms in total. The fraction of sp³-hybridized carbons (Fsp3) is 0.462. The lowest BCUT2D eigenvalue weighted by Crippen LogP contribution is -2.36.